The first-order valence-corrected chi connectivity index (χ1v) is 7.78. The second-order valence-corrected chi connectivity index (χ2v) is 5.57. The van der Waals surface area contributed by atoms with Crippen molar-refractivity contribution in [3.8, 4) is 0 Å². The summed E-state index contributed by atoms with van der Waals surface area (Å²) < 4.78 is 0. The van der Waals surface area contributed by atoms with Crippen LogP contribution in [0.2, 0.25) is 0 Å². The second kappa shape index (κ2) is 7.10. The molecule has 0 bridgehead atoms. The monoisotopic (exact) mass is 288 g/mol. The summed E-state index contributed by atoms with van der Waals surface area (Å²) >= 11 is 1.64. The molecular weight excluding hydrogens is 268 g/mol. The number of aryl methyl sites for hydroxylation is 1. The first kappa shape index (κ1) is 14.6. The Balaban J connectivity index is 2.07. The first-order valence-electron chi connectivity index (χ1n) is 6.84. The molecule has 20 heavy (non-hydrogen) atoms. The molecule has 0 radical (unpaired) electrons. The van der Waals surface area contributed by atoms with Gasteiger partial charge < -0.3 is 10.6 Å². The van der Waals surface area contributed by atoms with Crippen LogP contribution in [0.1, 0.15) is 34.8 Å². The van der Waals surface area contributed by atoms with Crippen LogP contribution in [-0.4, -0.2) is 12.5 Å². The van der Waals surface area contributed by atoms with Crippen molar-refractivity contribution >= 4 is 22.9 Å². The standard InChI is InChI=1S/C16H20N2OS/c1-3-7-17-15-9-12(2)4-5-14(15)16(19)18-10-13-6-8-20-11-13/h4-6,8-9,11,17H,3,7,10H2,1-2H3,(H,18,19). The van der Waals surface area contributed by atoms with E-state index in [1.54, 1.807) is 11.3 Å². The number of nitrogens with one attached hydrogen (secondary N) is 2. The Labute approximate surface area is 124 Å². The minimum absolute atomic E-state index is 0.0326. The zero-order valence-corrected chi connectivity index (χ0v) is 12.7. The maximum absolute atomic E-state index is 12.3. The lowest BCUT2D eigenvalue weighted by Gasteiger charge is -2.12. The summed E-state index contributed by atoms with van der Waals surface area (Å²) in [5.41, 5.74) is 3.91. The Morgan fingerprint density at radius 2 is 2.15 bits per heavy atom. The smallest absolute Gasteiger partial charge is 0.253 e. The largest absolute Gasteiger partial charge is 0.384 e. The number of thiophene rings is 1. The minimum atomic E-state index is -0.0326. The number of hydrogen-bond donors (Lipinski definition) is 2. The van der Waals surface area contributed by atoms with Crippen molar-refractivity contribution in [2.45, 2.75) is 26.8 Å². The lowest BCUT2D eigenvalue weighted by molar-refractivity contribution is 0.0951. The zero-order valence-electron chi connectivity index (χ0n) is 11.9. The van der Waals surface area contributed by atoms with Gasteiger partial charge in [0.15, 0.2) is 0 Å². The fraction of sp³-hybridized carbons (Fsp3) is 0.312. The molecule has 1 aromatic carbocycles. The van der Waals surface area contributed by atoms with E-state index in [0.717, 1.165) is 29.8 Å². The summed E-state index contributed by atoms with van der Waals surface area (Å²) in [5.74, 6) is -0.0326. The summed E-state index contributed by atoms with van der Waals surface area (Å²) in [6.45, 7) is 5.58. The third kappa shape index (κ3) is 3.84. The highest BCUT2D eigenvalue weighted by Gasteiger charge is 2.11. The van der Waals surface area contributed by atoms with E-state index in [9.17, 15) is 4.79 Å². The van der Waals surface area contributed by atoms with Crippen LogP contribution >= 0.6 is 11.3 Å². The van der Waals surface area contributed by atoms with Crippen LogP contribution in [0.4, 0.5) is 5.69 Å². The highest BCUT2D eigenvalue weighted by Crippen LogP contribution is 2.18. The Hall–Kier alpha value is -1.81. The second-order valence-electron chi connectivity index (χ2n) is 4.79. The molecular formula is C16H20N2OS. The van der Waals surface area contributed by atoms with E-state index in [1.807, 2.05) is 41.9 Å². The van der Waals surface area contributed by atoms with Gasteiger partial charge in [-0.15, -0.1) is 0 Å². The fourth-order valence-corrected chi connectivity index (χ4v) is 2.60. The van der Waals surface area contributed by atoms with Crippen molar-refractivity contribution in [3.05, 3.63) is 51.7 Å². The summed E-state index contributed by atoms with van der Waals surface area (Å²) in [5, 5.41) is 10.3. The van der Waals surface area contributed by atoms with Crippen LogP contribution in [0.5, 0.6) is 0 Å². The highest BCUT2D eigenvalue weighted by atomic mass is 32.1. The summed E-state index contributed by atoms with van der Waals surface area (Å²) in [7, 11) is 0. The van der Waals surface area contributed by atoms with Crippen LogP contribution in [-0.2, 0) is 6.54 Å². The quantitative estimate of drug-likeness (QED) is 0.848. The van der Waals surface area contributed by atoms with Gasteiger partial charge in [-0.05, 0) is 53.4 Å². The van der Waals surface area contributed by atoms with E-state index in [2.05, 4.69) is 17.6 Å². The van der Waals surface area contributed by atoms with Crippen molar-refractivity contribution in [2.24, 2.45) is 0 Å². The van der Waals surface area contributed by atoms with E-state index in [1.165, 1.54) is 0 Å². The lowest BCUT2D eigenvalue weighted by atomic mass is 10.1. The number of carbonyl (C=O) groups excluding carboxylic acids is 1. The molecule has 0 saturated carbocycles. The number of amides is 1. The van der Waals surface area contributed by atoms with Crippen LogP contribution < -0.4 is 10.6 Å². The van der Waals surface area contributed by atoms with Gasteiger partial charge in [-0.3, -0.25) is 4.79 Å². The van der Waals surface area contributed by atoms with Gasteiger partial charge in [-0.25, -0.2) is 0 Å². The minimum Gasteiger partial charge on any atom is -0.384 e. The van der Waals surface area contributed by atoms with Crippen molar-refractivity contribution in [2.75, 3.05) is 11.9 Å². The molecule has 1 aromatic heterocycles. The molecule has 106 valence electrons. The van der Waals surface area contributed by atoms with Gasteiger partial charge in [-0.1, -0.05) is 13.0 Å². The van der Waals surface area contributed by atoms with Gasteiger partial charge in [0, 0.05) is 18.8 Å². The average molecular weight is 288 g/mol. The van der Waals surface area contributed by atoms with Crippen molar-refractivity contribution in [1.82, 2.24) is 5.32 Å². The molecule has 0 aliphatic carbocycles. The Morgan fingerprint density at radius 3 is 2.85 bits per heavy atom. The predicted molar refractivity (Wildman–Crippen MR) is 85.4 cm³/mol. The van der Waals surface area contributed by atoms with Gasteiger partial charge in [0.05, 0.1) is 5.56 Å². The van der Waals surface area contributed by atoms with Crippen LogP contribution in [0, 0.1) is 6.92 Å². The molecule has 2 rings (SSSR count). The SMILES string of the molecule is CCCNc1cc(C)ccc1C(=O)NCc1ccsc1. The average Bonchev–Trinajstić information content (AvgIpc) is 2.96. The van der Waals surface area contributed by atoms with E-state index in [0.29, 0.717) is 12.1 Å². The van der Waals surface area contributed by atoms with Gasteiger partial charge in [-0.2, -0.15) is 11.3 Å². The normalized spacial score (nSPS) is 10.3. The molecule has 3 nitrogen and oxygen atoms in total. The molecule has 0 saturated heterocycles. The zero-order chi connectivity index (χ0) is 14.4. The lowest BCUT2D eigenvalue weighted by Crippen LogP contribution is -2.23. The number of benzene rings is 1. The van der Waals surface area contributed by atoms with Crippen molar-refractivity contribution < 1.29 is 4.79 Å². The topological polar surface area (TPSA) is 41.1 Å². The van der Waals surface area contributed by atoms with E-state index >= 15 is 0 Å². The Bertz CT molecular complexity index is 564. The van der Waals surface area contributed by atoms with E-state index in [-0.39, 0.29) is 5.91 Å². The van der Waals surface area contributed by atoms with E-state index < -0.39 is 0 Å². The molecule has 0 aliphatic heterocycles. The molecule has 1 heterocycles. The molecule has 0 spiro atoms. The number of anilines is 1. The molecule has 2 N–H and O–H groups in total. The number of hydrogen-bond acceptors (Lipinski definition) is 3. The third-order valence-electron chi connectivity index (χ3n) is 3.02. The summed E-state index contributed by atoms with van der Waals surface area (Å²) in [4.78, 5) is 12.3. The van der Waals surface area contributed by atoms with Crippen molar-refractivity contribution in [1.29, 1.82) is 0 Å². The van der Waals surface area contributed by atoms with Gasteiger partial charge >= 0.3 is 0 Å². The maximum atomic E-state index is 12.3. The molecule has 0 unspecified atom stereocenters. The summed E-state index contributed by atoms with van der Waals surface area (Å²) in [6.07, 6.45) is 1.03. The number of carbonyl (C=O) groups is 1. The summed E-state index contributed by atoms with van der Waals surface area (Å²) in [6, 6.07) is 7.90. The van der Waals surface area contributed by atoms with Gasteiger partial charge in [0.2, 0.25) is 0 Å². The number of rotatable bonds is 6. The van der Waals surface area contributed by atoms with Crippen LogP contribution in [0.3, 0.4) is 0 Å². The Morgan fingerprint density at radius 1 is 1.30 bits per heavy atom. The van der Waals surface area contributed by atoms with Gasteiger partial charge in [0.25, 0.3) is 5.91 Å². The predicted octanol–water partition coefficient (Wildman–Crippen LogP) is 3.81. The highest BCUT2D eigenvalue weighted by molar-refractivity contribution is 7.07. The molecule has 0 atom stereocenters. The molecule has 1 amide bonds. The van der Waals surface area contributed by atoms with Crippen LogP contribution in [0.25, 0.3) is 0 Å². The van der Waals surface area contributed by atoms with Crippen LogP contribution in [0.15, 0.2) is 35.0 Å². The first-order chi connectivity index (χ1) is 9.70. The third-order valence-corrected chi connectivity index (χ3v) is 3.75. The molecule has 2 aromatic rings. The molecule has 0 aliphatic rings. The van der Waals surface area contributed by atoms with Crippen molar-refractivity contribution in [3.63, 3.8) is 0 Å². The maximum Gasteiger partial charge on any atom is 0.253 e. The Kier molecular flexibility index (Phi) is 5.18. The van der Waals surface area contributed by atoms with Gasteiger partial charge in [0.1, 0.15) is 0 Å². The van der Waals surface area contributed by atoms with E-state index in [4.69, 9.17) is 0 Å². The fourth-order valence-electron chi connectivity index (χ4n) is 1.93. The molecule has 4 heteroatoms. The molecule has 0 fully saturated rings.